The van der Waals surface area contributed by atoms with Crippen molar-refractivity contribution >= 4 is 35.8 Å². The monoisotopic (exact) mass is 575 g/mol. The van der Waals surface area contributed by atoms with Crippen LogP contribution in [0.1, 0.15) is 54.4 Å². The molecule has 0 aromatic heterocycles. The zero-order chi connectivity index (χ0) is 22.9. The molecule has 0 spiro atoms. The lowest BCUT2D eigenvalue weighted by molar-refractivity contribution is -0.128. The number of carbonyl (C=O) groups is 1. The molecule has 184 valence electrons. The highest BCUT2D eigenvalue weighted by molar-refractivity contribution is 14.0. The number of likely N-dealkylation sites (tertiary alicyclic amines) is 2. The van der Waals surface area contributed by atoms with Crippen molar-refractivity contribution in [2.75, 3.05) is 26.7 Å². The molecule has 7 heteroatoms. The minimum atomic E-state index is 0. The van der Waals surface area contributed by atoms with Crippen LogP contribution in [0.15, 0.2) is 53.5 Å². The Bertz CT molecular complexity index is 923. The number of amides is 1. The molecule has 0 atom stereocenters. The van der Waals surface area contributed by atoms with E-state index in [1.54, 1.807) is 7.05 Å². The Morgan fingerprint density at radius 3 is 1.79 bits per heavy atom. The number of piperidine rings is 1. The summed E-state index contributed by atoms with van der Waals surface area (Å²) >= 11 is 0. The summed E-state index contributed by atoms with van der Waals surface area (Å²) in [4.78, 5) is 20.7. The van der Waals surface area contributed by atoms with Crippen LogP contribution in [0, 0.1) is 0 Å². The van der Waals surface area contributed by atoms with Crippen molar-refractivity contribution in [3.05, 3.63) is 70.8 Å². The third-order valence-electron chi connectivity index (χ3n) is 6.59. The fraction of sp³-hybridized carbons (Fsp3) is 0.481. The van der Waals surface area contributed by atoms with Crippen LogP contribution >= 0.6 is 24.0 Å². The number of rotatable bonds is 8. The number of benzene rings is 2. The zero-order valence-corrected chi connectivity index (χ0v) is 22.6. The Labute approximate surface area is 221 Å². The second-order valence-corrected chi connectivity index (χ2v) is 9.17. The molecule has 2 aliphatic heterocycles. The van der Waals surface area contributed by atoms with E-state index in [9.17, 15) is 4.79 Å². The van der Waals surface area contributed by atoms with Gasteiger partial charge in [0.2, 0.25) is 5.91 Å². The van der Waals surface area contributed by atoms with Crippen LogP contribution in [0.4, 0.5) is 0 Å². The molecule has 0 radical (unpaired) electrons. The van der Waals surface area contributed by atoms with Gasteiger partial charge < -0.3 is 15.5 Å². The van der Waals surface area contributed by atoms with Gasteiger partial charge in [-0.3, -0.25) is 14.7 Å². The van der Waals surface area contributed by atoms with Gasteiger partial charge in [0.25, 0.3) is 0 Å². The maximum Gasteiger partial charge on any atom is 0.222 e. The lowest BCUT2D eigenvalue weighted by Crippen LogP contribution is -2.36. The van der Waals surface area contributed by atoms with Gasteiger partial charge in [-0.15, -0.1) is 24.0 Å². The quantitative estimate of drug-likeness (QED) is 0.281. The van der Waals surface area contributed by atoms with Gasteiger partial charge in [0, 0.05) is 46.2 Å². The van der Waals surface area contributed by atoms with Crippen molar-refractivity contribution in [3.8, 4) is 0 Å². The van der Waals surface area contributed by atoms with Gasteiger partial charge in [-0.05, 0) is 54.6 Å². The van der Waals surface area contributed by atoms with Gasteiger partial charge in [-0.2, -0.15) is 0 Å². The summed E-state index contributed by atoms with van der Waals surface area (Å²) in [5.74, 6) is 1.06. The number of carbonyl (C=O) groups excluding carboxylic acids is 1. The molecule has 0 unspecified atom stereocenters. The Kier molecular flexibility index (Phi) is 10.7. The summed E-state index contributed by atoms with van der Waals surface area (Å²) in [5.41, 5.74) is 5.01. The number of aliphatic imine (C=N–C) groups is 1. The molecule has 2 N–H and O–H groups in total. The standard InChI is InChI=1S/C27H37N5O.HI/c1-28-27(29-18-22-7-11-24(12-8-22)20-31-15-3-2-4-16-31)30-19-23-9-13-25(14-10-23)21-32-17-5-6-26(32)33;/h7-14H,2-6,15-21H2,1H3,(H2,28,29,30);1H. The fourth-order valence-electron chi connectivity index (χ4n) is 4.58. The molecule has 4 rings (SSSR count). The van der Waals surface area contributed by atoms with Gasteiger partial charge in [0.15, 0.2) is 5.96 Å². The molecular formula is C27H38IN5O. The summed E-state index contributed by atoms with van der Waals surface area (Å²) in [7, 11) is 1.80. The summed E-state index contributed by atoms with van der Waals surface area (Å²) < 4.78 is 0. The Hall–Kier alpha value is -2.13. The third kappa shape index (κ3) is 7.98. The third-order valence-corrected chi connectivity index (χ3v) is 6.59. The molecule has 6 nitrogen and oxygen atoms in total. The number of guanidine groups is 1. The first-order valence-electron chi connectivity index (χ1n) is 12.3. The molecule has 2 aromatic carbocycles. The van der Waals surface area contributed by atoms with E-state index >= 15 is 0 Å². The van der Waals surface area contributed by atoms with Crippen LogP contribution in [0.5, 0.6) is 0 Å². The highest BCUT2D eigenvalue weighted by Gasteiger charge is 2.19. The van der Waals surface area contributed by atoms with Crippen molar-refractivity contribution in [3.63, 3.8) is 0 Å². The fourth-order valence-corrected chi connectivity index (χ4v) is 4.58. The Balaban J connectivity index is 0.00000324. The van der Waals surface area contributed by atoms with E-state index in [2.05, 4.69) is 69.1 Å². The molecule has 0 aliphatic carbocycles. The number of hydrogen-bond donors (Lipinski definition) is 2. The van der Waals surface area contributed by atoms with Crippen molar-refractivity contribution < 1.29 is 4.79 Å². The van der Waals surface area contributed by atoms with E-state index in [4.69, 9.17) is 0 Å². The van der Waals surface area contributed by atoms with Crippen LogP contribution < -0.4 is 10.6 Å². The van der Waals surface area contributed by atoms with E-state index in [1.807, 2.05) is 4.90 Å². The predicted octanol–water partition coefficient (Wildman–Crippen LogP) is 4.28. The minimum Gasteiger partial charge on any atom is -0.352 e. The van der Waals surface area contributed by atoms with E-state index in [0.29, 0.717) is 19.5 Å². The SMILES string of the molecule is CN=C(NCc1ccc(CN2CCCCC2)cc1)NCc1ccc(CN2CCCC2=O)cc1.I. The Morgan fingerprint density at radius 1 is 0.765 bits per heavy atom. The molecule has 2 heterocycles. The molecule has 2 aliphatic rings. The molecule has 1 amide bonds. The van der Waals surface area contributed by atoms with Gasteiger partial charge in [-0.1, -0.05) is 55.0 Å². The lowest BCUT2D eigenvalue weighted by atomic mass is 10.1. The normalized spacial score (nSPS) is 16.9. The predicted molar refractivity (Wildman–Crippen MR) is 149 cm³/mol. The van der Waals surface area contributed by atoms with Crippen molar-refractivity contribution in [2.45, 2.75) is 58.3 Å². The first-order chi connectivity index (χ1) is 16.2. The molecule has 0 saturated carbocycles. The topological polar surface area (TPSA) is 60.0 Å². The molecule has 2 saturated heterocycles. The largest absolute Gasteiger partial charge is 0.352 e. The number of halogens is 1. The maximum atomic E-state index is 11.8. The van der Waals surface area contributed by atoms with Crippen LogP contribution in [0.25, 0.3) is 0 Å². The highest BCUT2D eigenvalue weighted by atomic mass is 127. The lowest BCUT2D eigenvalue weighted by Gasteiger charge is -2.26. The van der Waals surface area contributed by atoms with E-state index < -0.39 is 0 Å². The molecule has 0 bridgehead atoms. The number of hydrogen-bond acceptors (Lipinski definition) is 3. The summed E-state index contributed by atoms with van der Waals surface area (Å²) in [6.07, 6.45) is 5.71. The van der Waals surface area contributed by atoms with Gasteiger partial charge >= 0.3 is 0 Å². The van der Waals surface area contributed by atoms with E-state index in [0.717, 1.165) is 32.0 Å². The average molecular weight is 576 g/mol. The van der Waals surface area contributed by atoms with Crippen LogP contribution in [0.2, 0.25) is 0 Å². The van der Waals surface area contributed by atoms with Crippen molar-refractivity contribution in [1.29, 1.82) is 0 Å². The number of nitrogens with one attached hydrogen (secondary N) is 2. The first-order valence-corrected chi connectivity index (χ1v) is 12.3. The van der Waals surface area contributed by atoms with E-state index in [1.165, 1.54) is 54.6 Å². The molecule has 2 aromatic rings. The minimum absolute atomic E-state index is 0. The van der Waals surface area contributed by atoms with Crippen LogP contribution in [0.3, 0.4) is 0 Å². The van der Waals surface area contributed by atoms with Crippen molar-refractivity contribution in [2.24, 2.45) is 4.99 Å². The summed E-state index contributed by atoms with van der Waals surface area (Å²) in [6.45, 7) is 6.56. The highest BCUT2D eigenvalue weighted by Crippen LogP contribution is 2.15. The summed E-state index contributed by atoms with van der Waals surface area (Å²) in [5, 5.41) is 6.79. The smallest absolute Gasteiger partial charge is 0.222 e. The number of nitrogens with zero attached hydrogens (tertiary/aromatic N) is 3. The molecule has 34 heavy (non-hydrogen) atoms. The Morgan fingerprint density at radius 2 is 1.29 bits per heavy atom. The van der Waals surface area contributed by atoms with Gasteiger partial charge in [0.05, 0.1) is 0 Å². The maximum absolute atomic E-state index is 11.8. The van der Waals surface area contributed by atoms with Crippen LogP contribution in [-0.2, 0) is 31.0 Å². The van der Waals surface area contributed by atoms with E-state index in [-0.39, 0.29) is 29.9 Å². The average Bonchev–Trinajstić information content (AvgIpc) is 3.26. The second-order valence-electron chi connectivity index (χ2n) is 9.17. The molecule has 2 fully saturated rings. The van der Waals surface area contributed by atoms with Crippen LogP contribution in [-0.4, -0.2) is 48.3 Å². The molecular weight excluding hydrogens is 537 g/mol. The first kappa shape index (κ1) is 26.5. The van der Waals surface area contributed by atoms with Gasteiger partial charge in [-0.25, -0.2) is 0 Å². The van der Waals surface area contributed by atoms with Gasteiger partial charge in [0.1, 0.15) is 0 Å². The summed E-state index contributed by atoms with van der Waals surface area (Å²) in [6, 6.07) is 17.4. The second kappa shape index (κ2) is 13.7. The zero-order valence-electron chi connectivity index (χ0n) is 20.3. The van der Waals surface area contributed by atoms with Crippen molar-refractivity contribution in [1.82, 2.24) is 20.4 Å².